The minimum Gasteiger partial charge on any atom is -0.354 e. The molecule has 136 valence electrons. The fourth-order valence-electron chi connectivity index (χ4n) is 2.77. The predicted octanol–water partition coefficient (Wildman–Crippen LogP) is 0.555. The minimum absolute atomic E-state index is 0.0418. The van der Waals surface area contributed by atoms with Crippen LogP contribution in [0.4, 0.5) is 0 Å². The van der Waals surface area contributed by atoms with Gasteiger partial charge in [0.1, 0.15) is 6.54 Å². The third kappa shape index (κ3) is 3.34. The number of benzene rings is 1. The molecule has 0 fully saturated rings. The summed E-state index contributed by atoms with van der Waals surface area (Å²) in [5, 5.41) is 2.84. The molecule has 1 amide bonds. The van der Waals surface area contributed by atoms with Crippen molar-refractivity contribution in [3.63, 3.8) is 0 Å². The van der Waals surface area contributed by atoms with Gasteiger partial charge in [0.05, 0.1) is 6.33 Å². The second-order valence-electron chi connectivity index (χ2n) is 5.94. The maximum absolute atomic E-state index is 12.4. The van der Waals surface area contributed by atoms with E-state index in [1.165, 1.54) is 22.5 Å². The van der Waals surface area contributed by atoms with Gasteiger partial charge in [0.15, 0.2) is 11.2 Å². The number of hydrogen-bond donors (Lipinski definition) is 1. The minimum atomic E-state index is -0.471. The summed E-state index contributed by atoms with van der Waals surface area (Å²) in [5.74, 6) is -0.229. The van der Waals surface area contributed by atoms with Crippen LogP contribution in [0.1, 0.15) is 5.56 Å². The summed E-state index contributed by atoms with van der Waals surface area (Å²) < 4.78 is 4.76. The molecule has 3 rings (SSSR count). The Kier molecular flexibility index (Phi) is 5.08. The van der Waals surface area contributed by atoms with Crippen molar-refractivity contribution in [2.75, 3.05) is 6.54 Å². The van der Waals surface area contributed by atoms with Gasteiger partial charge in [-0.25, -0.2) is 9.78 Å². The van der Waals surface area contributed by atoms with Gasteiger partial charge in [-0.1, -0.05) is 34.1 Å². The van der Waals surface area contributed by atoms with Gasteiger partial charge in [0, 0.05) is 25.1 Å². The fourth-order valence-corrected chi connectivity index (χ4v) is 3.25. The van der Waals surface area contributed by atoms with Crippen LogP contribution in [0.3, 0.4) is 0 Å². The number of aryl methyl sites for hydroxylation is 1. The van der Waals surface area contributed by atoms with E-state index in [9.17, 15) is 14.4 Å². The molecule has 0 aliphatic carbocycles. The molecule has 1 N–H and O–H groups in total. The maximum atomic E-state index is 12.4. The fraction of sp³-hybridized carbons (Fsp3) is 0.294. The molecule has 0 saturated carbocycles. The lowest BCUT2D eigenvalue weighted by atomic mass is 10.1. The van der Waals surface area contributed by atoms with Crippen LogP contribution in [0, 0.1) is 0 Å². The zero-order chi connectivity index (χ0) is 18.8. The van der Waals surface area contributed by atoms with Crippen molar-refractivity contribution in [1.29, 1.82) is 0 Å². The first-order chi connectivity index (χ1) is 12.4. The molecule has 2 aromatic heterocycles. The van der Waals surface area contributed by atoms with Crippen LogP contribution >= 0.6 is 15.9 Å². The van der Waals surface area contributed by atoms with Crippen molar-refractivity contribution < 1.29 is 4.79 Å². The Hall–Kier alpha value is -2.68. The molecule has 8 nitrogen and oxygen atoms in total. The van der Waals surface area contributed by atoms with Crippen molar-refractivity contribution in [3.8, 4) is 0 Å². The van der Waals surface area contributed by atoms with Gasteiger partial charge in [-0.05, 0) is 18.1 Å². The summed E-state index contributed by atoms with van der Waals surface area (Å²) in [6.45, 7) is 0.435. The van der Waals surface area contributed by atoms with E-state index in [4.69, 9.17) is 0 Å². The smallest absolute Gasteiger partial charge is 0.332 e. The number of rotatable bonds is 5. The first-order valence-corrected chi connectivity index (χ1v) is 8.80. The van der Waals surface area contributed by atoms with Crippen LogP contribution in [-0.4, -0.2) is 31.1 Å². The molecule has 0 aliphatic heterocycles. The van der Waals surface area contributed by atoms with Crippen LogP contribution in [-0.2, 0) is 31.9 Å². The van der Waals surface area contributed by atoms with Gasteiger partial charge >= 0.3 is 5.69 Å². The molecule has 0 bridgehead atoms. The standard InChI is InChI=1S/C17H18BrN5O3/c1-21-15-14(16(25)22(2)17(21)26)23(10-20-15)9-13(24)19-8-7-11-5-3-4-6-12(11)18/h3-6,10H,7-9H2,1-2H3,(H,19,24). The molecule has 3 aromatic rings. The van der Waals surface area contributed by atoms with E-state index in [1.54, 1.807) is 7.05 Å². The van der Waals surface area contributed by atoms with E-state index in [2.05, 4.69) is 26.2 Å². The molecule has 0 spiro atoms. The zero-order valence-electron chi connectivity index (χ0n) is 14.4. The predicted molar refractivity (Wildman–Crippen MR) is 101 cm³/mol. The Bertz CT molecular complexity index is 1100. The summed E-state index contributed by atoms with van der Waals surface area (Å²) in [5.41, 5.74) is 0.673. The Balaban J connectivity index is 1.73. The molecule has 9 heteroatoms. The normalized spacial score (nSPS) is 11.0. The van der Waals surface area contributed by atoms with E-state index in [0.717, 1.165) is 14.6 Å². The van der Waals surface area contributed by atoms with Crippen LogP contribution in [0.15, 0.2) is 44.7 Å². The van der Waals surface area contributed by atoms with Crippen molar-refractivity contribution >= 4 is 33.0 Å². The summed E-state index contributed by atoms with van der Waals surface area (Å²) in [6.07, 6.45) is 2.09. The van der Waals surface area contributed by atoms with Crippen molar-refractivity contribution in [2.45, 2.75) is 13.0 Å². The summed E-state index contributed by atoms with van der Waals surface area (Å²) in [7, 11) is 2.94. The first kappa shape index (κ1) is 18.1. The van der Waals surface area contributed by atoms with E-state index in [0.29, 0.717) is 13.0 Å². The van der Waals surface area contributed by atoms with Crippen LogP contribution in [0.2, 0.25) is 0 Å². The molecular weight excluding hydrogens is 402 g/mol. The number of hydrogen-bond acceptors (Lipinski definition) is 4. The number of aromatic nitrogens is 4. The number of halogens is 1. The van der Waals surface area contributed by atoms with Gasteiger partial charge in [0.2, 0.25) is 5.91 Å². The third-order valence-electron chi connectivity index (χ3n) is 4.21. The second-order valence-corrected chi connectivity index (χ2v) is 6.80. The average Bonchev–Trinajstić information content (AvgIpc) is 3.03. The molecule has 0 radical (unpaired) electrons. The van der Waals surface area contributed by atoms with Gasteiger partial charge in [-0.2, -0.15) is 0 Å². The van der Waals surface area contributed by atoms with E-state index >= 15 is 0 Å². The molecule has 0 unspecified atom stereocenters. The van der Waals surface area contributed by atoms with Crippen molar-refractivity contribution in [3.05, 3.63) is 61.5 Å². The lowest BCUT2D eigenvalue weighted by Gasteiger charge is -2.08. The highest BCUT2D eigenvalue weighted by molar-refractivity contribution is 9.10. The molecular formula is C17H18BrN5O3. The van der Waals surface area contributed by atoms with Crippen molar-refractivity contribution in [1.82, 2.24) is 24.0 Å². The van der Waals surface area contributed by atoms with Gasteiger partial charge in [-0.3, -0.25) is 18.7 Å². The monoisotopic (exact) mass is 419 g/mol. The topological polar surface area (TPSA) is 90.9 Å². The van der Waals surface area contributed by atoms with Gasteiger partial charge in [0.25, 0.3) is 5.56 Å². The number of nitrogens with zero attached hydrogens (tertiary/aromatic N) is 4. The van der Waals surface area contributed by atoms with E-state index < -0.39 is 11.2 Å². The SMILES string of the molecule is Cn1c(=O)c2c(ncn2CC(=O)NCCc2ccccc2Br)n(C)c1=O. The number of nitrogens with one attached hydrogen (secondary N) is 1. The lowest BCUT2D eigenvalue weighted by molar-refractivity contribution is -0.121. The lowest BCUT2D eigenvalue weighted by Crippen LogP contribution is -2.38. The van der Waals surface area contributed by atoms with Crippen LogP contribution in [0.5, 0.6) is 0 Å². The van der Waals surface area contributed by atoms with Gasteiger partial charge in [-0.15, -0.1) is 0 Å². The second kappa shape index (κ2) is 7.28. The summed E-state index contributed by atoms with van der Waals surface area (Å²) in [4.78, 5) is 40.6. The highest BCUT2D eigenvalue weighted by atomic mass is 79.9. The summed E-state index contributed by atoms with van der Waals surface area (Å²) in [6, 6.07) is 7.82. The Morgan fingerprint density at radius 1 is 1.19 bits per heavy atom. The number of carbonyl (C=O) groups is 1. The summed E-state index contributed by atoms with van der Waals surface area (Å²) >= 11 is 3.48. The number of amides is 1. The van der Waals surface area contributed by atoms with Crippen molar-refractivity contribution in [2.24, 2.45) is 14.1 Å². The highest BCUT2D eigenvalue weighted by Crippen LogP contribution is 2.15. The van der Waals surface area contributed by atoms with Gasteiger partial charge < -0.3 is 9.88 Å². The maximum Gasteiger partial charge on any atom is 0.332 e. The molecule has 1 aromatic carbocycles. The quantitative estimate of drug-likeness (QED) is 0.653. The molecule has 26 heavy (non-hydrogen) atoms. The van der Waals surface area contributed by atoms with E-state index in [1.807, 2.05) is 24.3 Å². The molecule has 0 atom stereocenters. The Morgan fingerprint density at radius 3 is 2.65 bits per heavy atom. The first-order valence-electron chi connectivity index (χ1n) is 8.01. The third-order valence-corrected chi connectivity index (χ3v) is 4.98. The van der Waals surface area contributed by atoms with Crippen LogP contribution in [0.25, 0.3) is 11.2 Å². The molecule has 2 heterocycles. The highest BCUT2D eigenvalue weighted by Gasteiger charge is 2.15. The number of imidazole rings is 1. The average molecular weight is 420 g/mol. The van der Waals surface area contributed by atoms with Crippen LogP contribution < -0.4 is 16.6 Å². The number of fused-ring (bicyclic) bond motifs is 1. The molecule has 0 saturated heterocycles. The molecule has 0 aliphatic rings. The Morgan fingerprint density at radius 2 is 1.92 bits per heavy atom. The zero-order valence-corrected chi connectivity index (χ0v) is 16.0. The number of carbonyl (C=O) groups excluding carboxylic acids is 1. The largest absolute Gasteiger partial charge is 0.354 e. The van der Waals surface area contributed by atoms with E-state index in [-0.39, 0.29) is 23.6 Å². The Labute approximate surface area is 157 Å².